The highest BCUT2D eigenvalue weighted by atomic mass is 32.1. The van der Waals surface area contributed by atoms with Gasteiger partial charge in [0.15, 0.2) is 0 Å². The van der Waals surface area contributed by atoms with Gasteiger partial charge in [-0.2, -0.15) is 13.2 Å². The van der Waals surface area contributed by atoms with Gasteiger partial charge in [-0.1, -0.05) is 12.1 Å². The summed E-state index contributed by atoms with van der Waals surface area (Å²) in [5.74, 6) is 0. The maximum atomic E-state index is 12.5. The van der Waals surface area contributed by atoms with E-state index < -0.39 is 11.7 Å². The van der Waals surface area contributed by atoms with Gasteiger partial charge in [0.05, 0.1) is 15.8 Å². The lowest BCUT2D eigenvalue weighted by Crippen LogP contribution is -2.03. The van der Waals surface area contributed by atoms with Crippen molar-refractivity contribution in [2.24, 2.45) is 0 Å². The van der Waals surface area contributed by atoms with E-state index in [9.17, 15) is 18.0 Å². The summed E-state index contributed by atoms with van der Waals surface area (Å²) in [6, 6.07) is 9.99. The Hall–Kier alpha value is -2.21. The number of aldehydes is 1. The van der Waals surface area contributed by atoms with E-state index in [1.54, 1.807) is 18.2 Å². The van der Waals surface area contributed by atoms with Crippen molar-refractivity contribution in [3.05, 3.63) is 53.6 Å². The molecule has 2 nitrogen and oxygen atoms in total. The van der Waals surface area contributed by atoms with Gasteiger partial charge in [-0.25, -0.2) is 4.98 Å². The Balaban J connectivity index is 2.02. The van der Waals surface area contributed by atoms with Crippen molar-refractivity contribution in [1.82, 2.24) is 4.98 Å². The molecule has 6 heteroatoms. The Kier molecular flexibility index (Phi) is 3.25. The quantitative estimate of drug-likeness (QED) is 0.637. The molecule has 106 valence electrons. The fraction of sp³-hybridized carbons (Fsp3) is 0.0667. The van der Waals surface area contributed by atoms with Crippen LogP contribution >= 0.6 is 11.3 Å². The highest BCUT2D eigenvalue weighted by Gasteiger charge is 2.30. The zero-order valence-corrected chi connectivity index (χ0v) is 11.3. The van der Waals surface area contributed by atoms with E-state index in [1.165, 1.54) is 23.5 Å². The maximum Gasteiger partial charge on any atom is 0.416 e. The van der Waals surface area contributed by atoms with E-state index in [0.29, 0.717) is 16.1 Å². The van der Waals surface area contributed by atoms with Gasteiger partial charge in [0, 0.05) is 11.1 Å². The minimum Gasteiger partial charge on any atom is -0.298 e. The minimum absolute atomic E-state index is 0.546. The molecule has 0 saturated heterocycles. The number of carbonyl (C=O) groups excluding carboxylic acids is 1. The predicted molar refractivity (Wildman–Crippen MR) is 75.4 cm³/mol. The van der Waals surface area contributed by atoms with Crippen LogP contribution in [0.3, 0.4) is 0 Å². The molecule has 0 aliphatic rings. The Bertz CT molecular complexity index is 806. The van der Waals surface area contributed by atoms with E-state index in [1.807, 2.05) is 0 Å². The lowest BCUT2D eigenvalue weighted by molar-refractivity contribution is -0.137. The van der Waals surface area contributed by atoms with Gasteiger partial charge in [-0.15, -0.1) is 11.3 Å². The van der Waals surface area contributed by atoms with Crippen LogP contribution in [0, 0.1) is 0 Å². The van der Waals surface area contributed by atoms with Crippen molar-refractivity contribution in [1.29, 1.82) is 0 Å². The molecule has 2 aromatic carbocycles. The summed E-state index contributed by atoms with van der Waals surface area (Å²) in [5.41, 5.74) is 1.21. The molecular formula is C15H8F3NOS. The number of aromatic nitrogens is 1. The number of hydrogen-bond donors (Lipinski definition) is 0. The first-order valence-electron chi connectivity index (χ1n) is 6.01. The number of carbonyl (C=O) groups is 1. The number of rotatable bonds is 2. The van der Waals surface area contributed by atoms with E-state index in [-0.39, 0.29) is 0 Å². The van der Waals surface area contributed by atoms with Gasteiger partial charge in [-0.05, 0) is 30.3 Å². The average Bonchev–Trinajstić information content (AvgIpc) is 2.89. The highest BCUT2D eigenvalue weighted by Crippen LogP contribution is 2.33. The number of thiazole rings is 1. The smallest absolute Gasteiger partial charge is 0.298 e. The Morgan fingerprint density at radius 2 is 1.76 bits per heavy atom. The molecule has 0 radical (unpaired) electrons. The van der Waals surface area contributed by atoms with Crippen LogP contribution in [0.2, 0.25) is 0 Å². The SMILES string of the molecule is O=Cc1ccc2nc(-c3ccc(C(F)(F)F)cc3)sc2c1. The van der Waals surface area contributed by atoms with Crippen molar-refractivity contribution in [3.8, 4) is 10.6 Å². The van der Waals surface area contributed by atoms with Crippen LogP contribution in [0.5, 0.6) is 0 Å². The monoisotopic (exact) mass is 307 g/mol. The molecule has 1 heterocycles. The molecular weight excluding hydrogens is 299 g/mol. The second-order valence-electron chi connectivity index (χ2n) is 4.44. The number of alkyl halides is 3. The molecule has 0 unspecified atom stereocenters. The topological polar surface area (TPSA) is 30.0 Å². The first kappa shape index (κ1) is 13.8. The lowest BCUT2D eigenvalue weighted by Gasteiger charge is -2.06. The lowest BCUT2D eigenvalue weighted by atomic mass is 10.1. The van der Waals surface area contributed by atoms with E-state index in [2.05, 4.69) is 4.98 Å². The molecule has 0 spiro atoms. The van der Waals surface area contributed by atoms with Gasteiger partial charge < -0.3 is 0 Å². The fourth-order valence-corrected chi connectivity index (χ4v) is 2.96. The van der Waals surface area contributed by atoms with Crippen LogP contribution in [-0.4, -0.2) is 11.3 Å². The minimum atomic E-state index is -4.34. The van der Waals surface area contributed by atoms with Crippen molar-refractivity contribution >= 4 is 27.8 Å². The van der Waals surface area contributed by atoms with Crippen molar-refractivity contribution in [3.63, 3.8) is 0 Å². The van der Waals surface area contributed by atoms with Crippen molar-refractivity contribution in [2.75, 3.05) is 0 Å². The summed E-state index contributed by atoms with van der Waals surface area (Å²) in [4.78, 5) is 15.1. The molecule has 1 aromatic heterocycles. The highest BCUT2D eigenvalue weighted by molar-refractivity contribution is 7.21. The molecule has 0 saturated carbocycles. The summed E-state index contributed by atoms with van der Waals surface area (Å²) in [6.07, 6.45) is -3.60. The largest absolute Gasteiger partial charge is 0.416 e. The molecule has 0 aliphatic heterocycles. The number of nitrogens with zero attached hydrogens (tertiary/aromatic N) is 1. The molecule has 0 bridgehead atoms. The zero-order chi connectivity index (χ0) is 15.0. The fourth-order valence-electron chi connectivity index (χ4n) is 1.94. The second-order valence-corrected chi connectivity index (χ2v) is 5.47. The van der Waals surface area contributed by atoms with Crippen LogP contribution in [-0.2, 0) is 6.18 Å². The average molecular weight is 307 g/mol. The standard InChI is InChI=1S/C15H8F3NOS/c16-15(17,18)11-4-2-10(3-5-11)14-19-12-6-1-9(8-20)7-13(12)21-14/h1-8H. The molecule has 0 atom stereocenters. The van der Waals surface area contributed by atoms with Gasteiger partial charge in [0.25, 0.3) is 0 Å². The van der Waals surface area contributed by atoms with Gasteiger partial charge in [0.2, 0.25) is 0 Å². The molecule has 0 aliphatic carbocycles. The van der Waals surface area contributed by atoms with Crippen LogP contribution < -0.4 is 0 Å². The van der Waals surface area contributed by atoms with Crippen molar-refractivity contribution in [2.45, 2.75) is 6.18 Å². The summed E-state index contributed by atoms with van der Waals surface area (Å²) in [7, 11) is 0. The summed E-state index contributed by atoms with van der Waals surface area (Å²) in [5, 5.41) is 0.627. The first-order chi connectivity index (χ1) is 9.97. The number of fused-ring (bicyclic) bond motifs is 1. The molecule has 3 aromatic rings. The molecule has 0 N–H and O–H groups in total. The third-order valence-corrected chi connectivity index (χ3v) is 4.07. The molecule has 0 fully saturated rings. The van der Waals surface area contributed by atoms with E-state index in [4.69, 9.17) is 0 Å². The number of halogens is 3. The summed E-state index contributed by atoms with van der Waals surface area (Å²) in [6.45, 7) is 0. The zero-order valence-electron chi connectivity index (χ0n) is 10.5. The van der Waals surface area contributed by atoms with Crippen LogP contribution in [0.1, 0.15) is 15.9 Å². The van der Waals surface area contributed by atoms with E-state index >= 15 is 0 Å². The molecule has 0 amide bonds. The van der Waals surface area contributed by atoms with Gasteiger partial charge in [-0.3, -0.25) is 4.79 Å². The first-order valence-corrected chi connectivity index (χ1v) is 6.82. The van der Waals surface area contributed by atoms with Crippen molar-refractivity contribution < 1.29 is 18.0 Å². The second kappa shape index (κ2) is 4.96. The van der Waals surface area contributed by atoms with E-state index in [0.717, 1.165) is 28.6 Å². The Morgan fingerprint density at radius 3 is 2.38 bits per heavy atom. The Morgan fingerprint density at radius 1 is 1.05 bits per heavy atom. The number of benzene rings is 2. The molecule has 21 heavy (non-hydrogen) atoms. The Labute approximate surface area is 121 Å². The maximum absolute atomic E-state index is 12.5. The summed E-state index contributed by atoms with van der Waals surface area (Å²) >= 11 is 1.34. The predicted octanol–water partition coefficient (Wildman–Crippen LogP) is 4.79. The van der Waals surface area contributed by atoms with Crippen LogP contribution in [0.4, 0.5) is 13.2 Å². The normalized spacial score (nSPS) is 11.8. The third kappa shape index (κ3) is 2.67. The third-order valence-electron chi connectivity index (χ3n) is 3.01. The number of hydrogen-bond acceptors (Lipinski definition) is 3. The van der Waals surface area contributed by atoms with Gasteiger partial charge in [0.1, 0.15) is 11.3 Å². The van der Waals surface area contributed by atoms with Crippen LogP contribution in [0.25, 0.3) is 20.8 Å². The van der Waals surface area contributed by atoms with Gasteiger partial charge >= 0.3 is 6.18 Å². The summed E-state index contributed by atoms with van der Waals surface area (Å²) < 4.78 is 38.4. The molecule has 3 rings (SSSR count). The van der Waals surface area contributed by atoms with Crippen LogP contribution in [0.15, 0.2) is 42.5 Å².